The largest absolute Gasteiger partial charge is 0.496 e. The molecule has 4 nitrogen and oxygen atoms in total. The third-order valence-electron chi connectivity index (χ3n) is 3.07. The molecule has 0 aliphatic rings. The number of hydrogen-bond donors (Lipinski definition) is 1. The van der Waals surface area contributed by atoms with E-state index in [4.69, 9.17) is 4.74 Å². The van der Waals surface area contributed by atoms with Crippen molar-refractivity contribution >= 4 is 39.4 Å². The summed E-state index contributed by atoms with van der Waals surface area (Å²) in [6, 6.07) is 12.4. The first-order chi connectivity index (χ1) is 11.0. The molecule has 118 valence electrons. The number of amides is 1. The van der Waals surface area contributed by atoms with Crippen LogP contribution in [0.15, 0.2) is 53.0 Å². The summed E-state index contributed by atoms with van der Waals surface area (Å²) >= 11 is 3.41. The smallest absolute Gasteiger partial charge is 0.221 e. The molecular weight excluding hydrogens is 358 g/mol. The molecule has 2 aromatic rings. The van der Waals surface area contributed by atoms with E-state index in [2.05, 4.69) is 21.2 Å². The van der Waals surface area contributed by atoms with Crippen molar-refractivity contribution in [1.29, 1.82) is 0 Å². The van der Waals surface area contributed by atoms with Crippen molar-refractivity contribution < 1.29 is 14.3 Å². The normalized spacial score (nSPS) is 10.6. The van der Waals surface area contributed by atoms with Gasteiger partial charge in [-0.15, -0.1) is 0 Å². The highest BCUT2D eigenvalue weighted by Gasteiger charge is 2.04. The summed E-state index contributed by atoms with van der Waals surface area (Å²) in [5, 5.41) is 2.66. The zero-order valence-corrected chi connectivity index (χ0v) is 14.4. The maximum Gasteiger partial charge on any atom is 0.221 e. The van der Waals surface area contributed by atoms with Crippen LogP contribution >= 0.6 is 15.9 Å². The van der Waals surface area contributed by atoms with Gasteiger partial charge >= 0.3 is 0 Å². The van der Waals surface area contributed by atoms with Crippen LogP contribution in [-0.2, 0) is 4.79 Å². The fourth-order valence-electron chi connectivity index (χ4n) is 2.01. The summed E-state index contributed by atoms with van der Waals surface area (Å²) in [5.41, 5.74) is 1.99. The molecule has 5 heteroatoms. The molecule has 0 aromatic heterocycles. The molecule has 0 spiro atoms. The molecule has 0 bridgehead atoms. The van der Waals surface area contributed by atoms with Crippen LogP contribution in [0, 0.1) is 0 Å². The fourth-order valence-corrected chi connectivity index (χ4v) is 2.57. The van der Waals surface area contributed by atoms with Crippen LogP contribution in [0.1, 0.15) is 22.8 Å². The van der Waals surface area contributed by atoms with E-state index in [1.807, 2.05) is 18.2 Å². The molecule has 0 saturated carbocycles. The van der Waals surface area contributed by atoms with E-state index < -0.39 is 0 Å². The second-order valence-corrected chi connectivity index (χ2v) is 5.71. The maximum absolute atomic E-state index is 12.2. The number of nitrogens with one attached hydrogen (secondary N) is 1. The van der Waals surface area contributed by atoms with Crippen LogP contribution in [0.2, 0.25) is 0 Å². The summed E-state index contributed by atoms with van der Waals surface area (Å²) in [5.74, 6) is 0.425. The average molecular weight is 374 g/mol. The molecule has 2 rings (SSSR count). The van der Waals surface area contributed by atoms with Gasteiger partial charge in [0.1, 0.15) is 5.75 Å². The molecule has 0 fully saturated rings. The maximum atomic E-state index is 12.2. The van der Waals surface area contributed by atoms with Crippen LogP contribution in [0.4, 0.5) is 5.69 Å². The SMILES string of the molecule is COc1ccc(C=CC(=O)c2cccc(NC(C)=O)c2)cc1Br. The van der Waals surface area contributed by atoms with Gasteiger partial charge in [-0.1, -0.05) is 24.3 Å². The number of allylic oxidation sites excluding steroid dienone is 1. The predicted octanol–water partition coefficient (Wildman–Crippen LogP) is 4.31. The number of hydrogen-bond acceptors (Lipinski definition) is 3. The molecule has 0 aliphatic carbocycles. The molecule has 0 saturated heterocycles. The molecule has 0 aliphatic heterocycles. The summed E-state index contributed by atoms with van der Waals surface area (Å²) < 4.78 is 5.99. The van der Waals surface area contributed by atoms with Crippen molar-refractivity contribution in [2.24, 2.45) is 0 Å². The van der Waals surface area contributed by atoms with Crippen LogP contribution in [0.5, 0.6) is 5.75 Å². The Labute approximate surface area is 143 Å². The molecule has 0 unspecified atom stereocenters. The molecule has 0 atom stereocenters. The van der Waals surface area contributed by atoms with Gasteiger partial charge < -0.3 is 10.1 Å². The first-order valence-corrected chi connectivity index (χ1v) is 7.72. The zero-order chi connectivity index (χ0) is 16.8. The van der Waals surface area contributed by atoms with Gasteiger partial charge in [0, 0.05) is 18.2 Å². The topological polar surface area (TPSA) is 55.4 Å². The van der Waals surface area contributed by atoms with Crippen molar-refractivity contribution in [3.05, 3.63) is 64.1 Å². The Morgan fingerprint density at radius 2 is 1.96 bits per heavy atom. The molecule has 1 amide bonds. The van der Waals surface area contributed by atoms with E-state index in [0.29, 0.717) is 11.3 Å². The van der Waals surface area contributed by atoms with Crippen LogP contribution in [0.25, 0.3) is 6.08 Å². The van der Waals surface area contributed by atoms with Crippen molar-refractivity contribution in [2.75, 3.05) is 12.4 Å². The standard InChI is InChI=1S/C18H16BrNO3/c1-12(21)20-15-5-3-4-14(11-15)17(22)8-6-13-7-9-18(23-2)16(19)10-13/h3-11H,1-2H3,(H,20,21). The molecule has 0 radical (unpaired) electrons. The number of carbonyl (C=O) groups excluding carboxylic acids is 2. The first kappa shape index (κ1) is 17.0. The summed E-state index contributed by atoms with van der Waals surface area (Å²) in [6.07, 6.45) is 3.23. The Morgan fingerprint density at radius 3 is 2.61 bits per heavy atom. The lowest BCUT2D eigenvalue weighted by Crippen LogP contribution is -2.06. The highest BCUT2D eigenvalue weighted by atomic mass is 79.9. The van der Waals surface area contributed by atoms with Gasteiger partial charge in [0.25, 0.3) is 0 Å². The number of ether oxygens (including phenoxy) is 1. The van der Waals surface area contributed by atoms with Gasteiger partial charge in [-0.05, 0) is 51.8 Å². The number of ketones is 1. The third kappa shape index (κ3) is 4.79. The highest BCUT2D eigenvalue weighted by Crippen LogP contribution is 2.26. The van der Waals surface area contributed by atoms with Crippen molar-refractivity contribution in [2.45, 2.75) is 6.92 Å². The molecule has 2 aromatic carbocycles. The minimum atomic E-state index is -0.173. The second kappa shape index (κ2) is 7.74. The lowest BCUT2D eigenvalue weighted by molar-refractivity contribution is -0.114. The van der Waals surface area contributed by atoms with Gasteiger partial charge in [0.15, 0.2) is 5.78 Å². The lowest BCUT2D eigenvalue weighted by Gasteiger charge is -2.04. The number of methoxy groups -OCH3 is 1. The van der Waals surface area contributed by atoms with Crippen LogP contribution in [-0.4, -0.2) is 18.8 Å². The van der Waals surface area contributed by atoms with E-state index in [0.717, 1.165) is 15.8 Å². The minimum absolute atomic E-state index is 0.135. The van der Waals surface area contributed by atoms with Crippen LogP contribution in [0.3, 0.4) is 0 Å². The Hall–Kier alpha value is -2.40. The fraction of sp³-hybridized carbons (Fsp3) is 0.111. The van der Waals surface area contributed by atoms with Gasteiger partial charge in [-0.25, -0.2) is 0 Å². The third-order valence-corrected chi connectivity index (χ3v) is 3.69. The lowest BCUT2D eigenvalue weighted by atomic mass is 10.1. The van der Waals surface area contributed by atoms with E-state index in [1.165, 1.54) is 13.0 Å². The predicted molar refractivity (Wildman–Crippen MR) is 94.8 cm³/mol. The zero-order valence-electron chi connectivity index (χ0n) is 12.8. The minimum Gasteiger partial charge on any atom is -0.496 e. The Balaban J connectivity index is 2.15. The van der Waals surface area contributed by atoms with Crippen LogP contribution < -0.4 is 10.1 Å². The summed E-state index contributed by atoms with van der Waals surface area (Å²) in [6.45, 7) is 1.43. The number of anilines is 1. The van der Waals surface area contributed by atoms with Crippen molar-refractivity contribution in [3.8, 4) is 5.75 Å². The number of halogens is 1. The molecule has 1 N–H and O–H groups in total. The number of carbonyl (C=O) groups is 2. The summed E-state index contributed by atoms with van der Waals surface area (Å²) in [7, 11) is 1.60. The van der Waals surface area contributed by atoms with E-state index in [-0.39, 0.29) is 11.7 Å². The molecule has 0 heterocycles. The summed E-state index contributed by atoms with van der Waals surface area (Å²) in [4.78, 5) is 23.3. The van der Waals surface area contributed by atoms with Gasteiger partial charge in [-0.2, -0.15) is 0 Å². The monoisotopic (exact) mass is 373 g/mol. The Bertz CT molecular complexity index is 769. The van der Waals surface area contributed by atoms with Crippen molar-refractivity contribution in [1.82, 2.24) is 0 Å². The van der Waals surface area contributed by atoms with Gasteiger partial charge in [0.05, 0.1) is 11.6 Å². The first-order valence-electron chi connectivity index (χ1n) is 6.93. The second-order valence-electron chi connectivity index (χ2n) is 4.85. The average Bonchev–Trinajstić information content (AvgIpc) is 2.52. The van der Waals surface area contributed by atoms with E-state index in [1.54, 1.807) is 37.5 Å². The number of benzene rings is 2. The van der Waals surface area contributed by atoms with Gasteiger partial charge in [0.2, 0.25) is 5.91 Å². The van der Waals surface area contributed by atoms with Gasteiger partial charge in [-0.3, -0.25) is 9.59 Å². The molecular formula is C18H16BrNO3. The van der Waals surface area contributed by atoms with E-state index in [9.17, 15) is 9.59 Å². The van der Waals surface area contributed by atoms with Crippen molar-refractivity contribution in [3.63, 3.8) is 0 Å². The van der Waals surface area contributed by atoms with E-state index >= 15 is 0 Å². The molecule has 23 heavy (non-hydrogen) atoms. The Morgan fingerprint density at radius 1 is 1.17 bits per heavy atom. The Kier molecular flexibility index (Phi) is 5.71. The highest BCUT2D eigenvalue weighted by molar-refractivity contribution is 9.10. The quantitative estimate of drug-likeness (QED) is 0.627. The number of rotatable bonds is 5.